The molecule has 2 heterocycles. The van der Waals surface area contributed by atoms with Gasteiger partial charge in [-0.15, -0.1) is 5.10 Å². The molecule has 0 amide bonds. The van der Waals surface area contributed by atoms with E-state index >= 15 is 0 Å². The summed E-state index contributed by atoms with van der Waals surface area (Å²) in [6.07, 6.45) is 0.761. The topological polar surface area (TPSA) is 73.3 Å². The largest absolute Gasteiger partial charge is 0.466 e. The first-order chi connectivity index (χ1) is 9.64. The Hall–Kier alpha value is -2.18. The molecule has 0 fully saturated rings. The lowest BCUT2D eigenvalue weighted by molar-refractivity contribution is -0.141. The number of rotatable bonds is 4. The highest BCUT2D eigenvalue weighted by Crippen LogP contribution is 2.34. The van der Waals surface area contributed by atoms with Crippen molar-refractivity contribution >= 4 is 11.0 Å². The number of furan rings is 1. The van der Waals surface area contributed by atoms with Crippen LogP contribution in [0.1, 0.15) is 18.9 Å². The Morgan fingerprint density at radius 2 is 2.10 bits per heavy atom. The van der Waals surface area contributed by atoms with Crippen molar-refractivity contribution in [1.29, 1.82) is 0 Å². The van der Waals surface area contributed by atoms with Crippen LogP contribution in [0.4, 0.5) is 0 Å². The zero-order valence-electron chi connectivity index (χ0n) is 11.2. The fourth-order valence-corrected chi connectivity index (χ4v) is 2.32. The Balaban J connectivity index is 2.10. The molecule has 0 saturated carbocycles. The normalized spacial score (nSPS) is 16.1. The molecule has 20 heavy (non-hydrogen) atoms. The number of methoxy groups -OCH3 is 1. The molecular weight excluding hydrogens is 258 g/mol. The minimum absolute atomic E-state index is 0.406. The molecule has 104 valence electrons. The van der Waals surface area contributed by atoms with Gasteiger partial charge in [0, 0.05) is 7.11 Å². The SMILES string of the molecule is COC(n1nnc2ccccc21)C(C)(O)c1ccco1. The number of fused-ring (bicyclic) bond motifs is 1. The van der Waals surface area contributed by atoms with Crippen molar-refractivity contribution in [3.05, 3.63) is 48.4 Å². The van der Waals surface area contributed by atoms with Crippen molar-refractivity contribution in [2.75, 3.05) is 7.11 Å². The van der Waals surface area contributed by atoms with Gasteiger partial charge in [-0.1, -0.05) is 17.3 Å². The first-order valence-corrected chi connectivity index (χ1v) is 6.23. The van der Waals surface area contributed by atoms with Crippen LogP contribution in [-0.4, -0.2) is 27.2 Å². The molecule has 6 heteroatoms. The lowest BCUT2D eigenvalue weighted by atomic mass is 10.0. The van der Waals surface area contributed by atoms with E-state index in [1.165, 1.54) is 13.4 Å². The lowest BCUT2D eigenvalue weighted by Crippen LogP contribution is -2.35. The zero-order chi connectivity index (χ0) is 14.2. The van der Waals surface area contributed by atoms with E-state index in [2.05, 4.69) is 10.3 Å². The monoisotopic (exact) mass is 273 g/mol. The average molecular weight is 273 g/mol. The van der Waals surface area contributed by atoms with Crippen molar-refractivity contribution < 1.29 is 14.3 Å². The van der Waals surface area contributed by atoms with Crippen molar-refractivity contribution in [3.63, 3.8) is 0 Å². The van der Waals surface area contributed by atoms with E-state index in [0.29, 0.717) is 5.76 Å². The molecule has 2 unspecified atom stereocenters. The van der Waals surface area contributed by atoms with Gasteiger partial charge < -0.3 is 14.3 Å². The summed E-state index contributed by atoms with van der Waals surface area (Å²) in [6, 6.07) is 10.9. The molecule has 0 saturated heterocycles. The summed E-state index contributed by atoms with van der Waals surface area (Å²) in [5.74, 6) is 0.406. The van der Waals surface area contributed by atoms with Crippen molar-refractivity contribution in [2.24, 2.45) is 0 Å². The second kappa shape index (κ2) is 4.73. The maximum atomic E-state index is 10.8. The summed E-state index contributed by atoms with van der Waals surface area (Å²) in [5, 5.41) is 18.9. The highest BCUT2D eigenvalue weighted by Gasteiger charge is 2.39. The minimum Gasteiger partial charge on any atom is -0.466 e. The van der Waals surface area contributed by atoms with E-state index in [4.69, 9.17) is 9.15 Å². The van der Waals surface area contributed by atoms with Gasteiger partial charge in [-0.05, 0) is 31.2 Å². The van der Waals surface area contributed by atoms with Crippen LogP contribution in [0.5, 0.6) is 0 Å². The lowest BCUT2D eigenvalue weighted by Gasteiger charge is -2.29. The van der Waals surface area contributed by atoms with Gasteiger partial charge >= 0.3 is 0 Å². The Morgan fingerprint density at radius 1 is 1.30 bits per heavy atom. The third kappa shape index (κ3) is 1.90. The molecular formula is C14H15N3O3. The van der Waals surface area contributed by atoms with E-state index in [1.54, 1.807) is 23.7 Å². The van der Waals surface area contributed by atoms with Gasteiger partial charge in [0.1, 0.15) is 11.3 Å². The Kier molecular flexibility index (Phi) is 3.04. The summed E-state index contributed by atoms with van der Waals surface area (Å²) < 4.78 is 12.3. The van der Waals surface area contributed by atoms with Crippen LogP contribution < -0.4 is 0 Å². The molecule has 0 spiro atoms. The summed E-state index contributed by atoms with van der Waals surface area (Å²) in [6.45, 7) is 1.62. The highest BCUT2D eigenvalue weighted by atomic mass is 16.5. The number of nitrogens with zero attached hydrogens (tertiary/aromatic N) is 3. The van der Waals surface area contributed by atoms with Gasteiger partial charge in [-0.25, -0.2) is 4.68 Å². The van der Waals surface area contributed by atoms with Crippen LogP contribution >= 0.6 is 0 Å². The molecule has 0 radical (unpaired) electrons. The number of hydrogen-bond donors (Lipinski definition) is 1. The minimum atomic E-state index is -1.37. The second-order valence-corrected chi connectivity index (χ2v) is 4.74. The number of para-hydroxylation sites is 1. The van der Waals surface area contributed by atoms with Crippen LogP contribution in [0.2, 0.25) is 0 Å². The molecule has 1 N–H and O–H groups in total. The number of ether oxygens (including phenoxy) is 1. The number of benzene rings is 1. The van der Waals surface area contributed by atoms with Crippen LogP contribution in [0.25, 0.3) is 11.0 Å². The van der Waals surface area contributed by atoms with Gasteiger partial charge in [0.15, 0.2) is 11.8 Å². The number of hydrogen-bond acceptors (Lipinski definition) is 5. The summed E-state index contributed by atoms with van der Waals surface area (Å²) in [7, 11) is 1.51. The van der Waals surface area contributed by atoms with E-state index in [0.717, 1.165) is 11.0 Å². The number of aliphatic hydroxyl groups is 1. The predicted octanol–water partition coefficient (Wildman–Crippen LogP) is 2.08. The molecule has 2 atom stereocenters. The fourth-order valence-electron chi connectivity index (χ4n) is 2.32. The third-order valence-corrected chi connectivity index (χ3v) is 3.32. The summed E-state index contributed by atoms with van der Waals surface area (Å²) >= 11 is 0. The van der Waals surface area contributed by atoms with Gasteiger partial charge in [0.25, 0.3) is 0 Å². The van der Waals surface area contributed by atoms with Crippen LogP contribution in [-0.2, 0) is 10.3 Å². The van der Waals surface area contributed by atoms with Gasteiger partial charge in [0.2, 0.25) is 0 Å². The second-order valence-electron chi connectivity index (χ2n) is 4.74. The Labute approximate surface area is 115 Å². The maximum absolute atomic E-state index is 10.8. The first kappa shape index (κ1) is 12.8. The maximum Gasteiger partial charge on any atom is 0.187 e. The molecule has 0 aliphatic carbocycles. The van der Waals surface area contributed by atoms with Crippen molar-refractivity contribution in [3.8, 4) is 0 Å². The third-order valence-electron chi connectivity index (χ3n) is 3.32. The Morgan fingerprint density at radius 3 is 2.80 bits per heavy atom. The van der Waals surface area contributed by atoms with Gasteiger partial charge in [0.05, 0.1) is 11.8 Å². The van der Waals surface area contributed by atoms with E-state index in [1.807, 2.05) is 24.3 Å². The zero-order valence-corrected chi connectivity index (χ0v) is 11.2. The molecule has 0 bridgehead atoms. The predicted molar refractivity (Wildman–Crippen MR) is 71.9 cm³/mol. The number of aromatic nitrogens is 3. The fraction of sp³-hybridized carbons (Fsp3) is 0.286. The molecule has 1 aromatic carbocycles. The Bertz CT molecular complexity index is 703. The van der Waals surface area contributed by atoms with Gasteiger partial charge in [-0.2, -0.15) is 0 Å². The molecule has 6 nitrogen and oxygen atoms in total. The highest BCUT2D eigenvalue weighted by molar-refractivity contribution is 5.73. The van der Waals surface area contributed by atoms with E-state index in [-0.39, 0.29) is 0 Å². The van der Waals surface area contributed by atoms with Gasteiger partial charge in [-0.3, -0.25) is 0 Å². The summed E-state index contributed by atoms with van der Waals surface area (Å²) in [5.41, 5.74) is 0.158. The van der Waals surface area contributed by atoms with E-state index < -0.39 is 11.8 Å². The molecule has 3 rings (SSSR count). The van der Waals surface area contributed by atoms with Crippen LogP contribution in [0.3, 0.4) is 0 Å². The molecule has 0 aliphatic heterocycles. The smallest absolute Gasteiger partial charge is 0.187 e. The molecule has 2 aromatic heterocycles. The first-order valence-electron chi connectivity index (χ1n) is 6.23. The standard InChI is InChI=1S/C14H15N3O3/c1-14(18,12-8-5-9-20-12)13(19-2)17-11-7-4-3-6-10(11)15-16-17/h3-9,13,18H,1-2H3. The van der Waals surface area contributed by atoms with E-state index in [9.17, 15) is 5.11 Å². The van der Waals surface area contributed by atoms with Crippen molar-refractivity contribution in [2.45, 2.75) is 18.8 Å². The van der Waals surface area contributed by atoms with Crippen LogP contribution in [0, 0.1) is 0 Å². The average Bonchev–Trinajstić information content (AvgIpc) is 3.09. The molecule has 3 aromatic rings. The quantitative estimate of drug-likeness (QED) is 0.787. The van der Waals surface area contributed by atoms with Crippen LogP contribution in [0.15, 0.2) is 47.1 Å². The van der Waals surface area contributed by atoms with Crippen molar-refractivity contribution in [1.82, 2.24) is 15.0 Å². The molecule has 0 aliphatic rings. The summed E-state index contributed by atoms with van der Waals surface area (Å²) in [4.78, 5) is 0.